The number of anilines is 1. The first-order valence-electron chi connectivity index (χ1n) is 10.1. The number of ether oxygens (including phenoxy) is 1. The van der Waals surface area contributed by atoms with Crippen LogP contribution >= 0.6 is 0 Å². The number of halogens is 3. The SMILES string of the molecule is COCc1cccc(N2Cc3c(cc(CNC4(C)CCC4)cc3C(F)(F)F)C2=O)c1. The van der Waals surface area contributed by atoms with E-state index in [1.165, 1.54) is 11.0 Å². The van der Waals surface area contributed by atoms with E-state index in [1.54, 1.807) is 31.4 Å². The predicted octanol–water partition coefficient (Wildman–Crippen LogP) is 5.04. The average molecular weight is 418 g/mol. The summed E-state index contributed by atoms with van der Waals surface area (Å²) in [6.45, 7) is 2.66. The standard InChI is InChI=1S/C23H25F3N2O2/c1-22(7-4-8-22)27-12-16-10-18-19(20(11-16)23(24,25)26)13-28(21(18)29)17-6-3-5-15(9-17)14-30-2/h3,5-6,9-11,27H,4,7-8,12-14H2,1-2H3. The fraction of sp³-hybridized carbons (Fsp3) is 0.435. The molecule has 1 aliphatic heterocycles. The van der Waals surface area contributed by atoms with Crippen molar-refractivity contribution in [2.75, 3.05) is 12.0 Å². The molecule has 2 aromatic rings. The lowest BCUT2D eigenvalue weighted by Crippen LogP contribution is -2.47. The molecule has 160 valence electrons. The van der Waals surface area contributed by atoms with Gasteiger partial charge in [-0.25, -0.2) is 0 Å². The van der Waals surface area contributed by atoms with Gasteiger partial charge in [0.2, 0.25) is 0 Å². The van der Waals surface area contributed by atoms with Crippen LogP contribution in [0.3, 0.4) is 0 Å². The molecule has 1 N–H and O–H groups in total. The van der Waals surface area contributed by atoms with Gasteiger partial charge in [-0.15, -0.1) is 0 Å². The molecule has 4 nitrogen and oxygen atoms in total. The van der Waals surface area contributed by atoms with E-state index in [1.807, 2.05) is 6.07 Å². The number of nitrogens with zero attached hydrogens (tertiary/aromatic N) is 1. The average Bonchev–Trinajstić information content (AvgIpc) is 3.01. The lowest BCUT2D eigenvalue weighted by Gasteiger charge is -2.39. The number of carbonyl (C=O) groups excluding carboxylic acids is 1. The summed E-state index contributed by atoms with van der Waals surface area (Å²) in [6.07, 6.45) is -1.38. The maximum Gasteiger partial charge on any atom is 0.416 e. The van der Waals surface area contributed by atoms with Crippen LogP contribution in [0.2, 0.25) is 0 Å². The van der Waals surface area contributed by atoms with Gasteiger partial charge in [0.05, 0.1) is 18.7 Å². The summed E-state index contributed by atoms with van der Waals surface area (Å²) in [5, 5.41) is 3.35. The van der Waals surface area contributed by atoms with Gasteiger partial charge in [0.25, 0.3) is 5.91 Å². The van der Waals surface area contributed by atoms with Crippen molar-refractivity contribution in [1.29, 1.82) is 0 Å². The second-order valence-electron chi connectivity index (χ2n) is 8.43. The third-order valence-corrected chi connectivity index (χ3v) is 6.12. The van der Waals surface area contributed by atoms with Gasteiger partial charge in [0.1, 0.15) is 0 Å². The number of alkyl halides is 3. The molecule has 0 atom stereocenters. The van der Waals surface area contributed by atoms with Crippen LogP contribution in [0.5, 0.6) is 0 Å². The molecule has 0 spiro atoms. The fourth-order valence-corrected chi connectivity index (χ4v) is 4.21. The summed E-state index contributed by atoms with van der Waals surface area (Å²) < 4.78 is 46.6. The van der Waals surface area contributed by atoms with Crippen LogP contribution in [-0.4, -0.2) is 18.6 Å². The molecule has 2 aliphatic rings. The summed E-state index contributed by atoms with van der Waals surface area (Å²) in [5.41, 5.74) is 1.33. The Morgan fingerprint density at radius 2 is 1.93 bits per heavy atom. The predicted molar refractivity (Wildman–Crippen MR) is 108 cm³/mol. The minimum atomic E-state index is -4.52. The van der Waals surface area contributed by atoms with Crippen LogP contribution in [0.15, 0.2) is 36.4 Å². The van der Waals surface area contributed by atoms with Gasteiger partial charge in [-0.3, -0.25) is 4.79 Å². The van der Waals surface area contributed by atoms with E-state index in [2.05, 4.69) is 12.2 Å². The smallest absolute Gasteiger partial charge is 0.380 e. The molecule has 2 aromatic carbocycles. The van der Waals surface area contributed by atoms with Crippen molar-refractivity contribution >= 4 is 11.6 Å². The molecule has 0 saturated heterocycles. The maximum absolute atomic E-state index is 13.8. The summed E-state index contributed by atoms with van der Waals surface area (Å²) in [5.74, 6) is -0.401. The van der Waals surface area contributed by atoms with Gasteiger partial charge in [-0.1, -0.05) is 12.1 Å². The second-order valence-corrected chi connectivity index (χ2v) is 8.43. The Balaban J connectivity index is 1.67. The van der Waals surface area contributed by atoms with Gasteiger partial charge in [-0.05, 0) is 67.1 Å². The molecule has 1 heterocycles. The van der Waals surface area contributed by atoms with Gasteiger partial charge < -0.3 is 15.0 Å². The number of fused-ring (bicyclic) bond motifs is 1. The summed E-state index contributed by atoms with van der Waals surface area (Å²) >= 11 is 0. The maximum atomic E-state index is 13.8. The minimum absolute atomic E-state index is 0.0325. The molecule has 0 bridgehead atoms. The molecule has 0 aromatic heterocycles. The Hall–Kier alpha value is -2.38. The number of carbonyl (C=O) groups is 1. The zero-order valence-electron chi connectivity index (χ0n) is 17.1. The van der Waals surface area contributed by atoms with Crippen molar-refractivity contribution in [1.82, 2.24) is 5.32 Å². The van der Waals surface area contributed by atoms with E-state index in [0.29, 0.717) is 24.4 Å². The first-order valence-corrected chi connectivity index (χ1v) is 10.1. The van der Waals surface area contributed by atoms with E-state index >= 15 is 0 Å². The Morgan fingerprint density at radius 1 is 1.17 bits per heavy atom. The molecule has 1 aliphatic carbocycles. The second kappa shape index (κ2) is 7.71. The van der Waals surface area contributed by atoms with Crippen molar-refractivity contribution in [3.8, 4) is 0 Å². The zero-order valence-corrected chi connectivity index (χ0v) is 17.1. The van der Waals surface area contributed by atoms with Gasteiger partial charge in [-0.2, -0.15) is 13.2 Å². The highest BCUT2D eigenvalue weighted by molar-refractivity contribution is 6.10. The van der Waals surface area contributed by atoms with Gasteiger partial charge >= 0.3 is 6.18 Å². The quantitative estimate of drug-likeness (QED) is 0.714. The molecule has 7 heteroatoms. The van der Waals surface area contributed by atoms with Crippen LogP contribution in [0, 0.1) is 0 Å². The lowest BCUT2D eigenvalue weighted by atomic mass is 9.78. The summed E-state index contributed by atoms with van der Waals surface area (Å²) in [4.78, 5) is 14.5. The lowest BCUT2D eigenvalue weighted by molar-refractivity contribution is -0.138. The number of benzene rings is 2. The normalized spacial score (nSPS) is 17.8. The molecule has 4 rings (SSSR count). The monoisotopic (exact) mass is 418 g/mol. The fourth-order valence-electron chi connectivity index (χ4n) is 4.21. The van der Waals surface area contributed by atoms with Gasteiger partial charge in [0, 0.05) is 30.4 Å². The first kappa shape index (κ1) is 20.9. The molecular formula is C23H25F3N2O2. The number of amides is 1. The molecule has 30 heavy (non-hydrogen) atoms. The van der Waals surface area contributed by atoms with Crippen LogP contribution in [0.4, 0.5) is 18.9 Å². The highest BCUT2D eigenvalue weighted by Gasteiger charge is 2.40. The Kier molecular flexibility index (Phi) is 5.36. The Morgan fingerprint density at radius 3 is 2.57 bits per heavy atom. The summed E-state index contributed by atoms with van der Waals surface area (Å²) in [7, 11) is 1.57. The number of hydrogen-bond donors (Lipinski definition) is 1. The molecular weight excluding hydrogens is 393 g/mol. The molecule has 0 unspecified atom stereocenters. The van der Waals surface area contributed by atoms with Gasteiger partial charge in [0.15, 0.2) is 0 Å². The van der Waals surface area contributed by atoms with Crippen LogP contribution < -0.4 is 10.2 Å². The van der Waals surface area contributed by atoms with E-state index < -0.39 is 17.6 Å². The third-order valence-electron chi connectivity index (χ3n) is 6.12. The number of methoxy groups -OCH3 is 1. The minimum Gasteiger partial charge on any atom is -0.380 e. The largest absolute Gasteiger partial charge is 0.416 e. The topological polar surface area (TPSA) is 41.6 Å². The van der Waals surface area contributed by atoms with Crippen LogP contribution in [-0.2, 0) is 30.6 Å². The van der Waals surface area contributed by atoms with Crippen molar-refractivity contribution in [3.05, 3.63) is 64.2 Å². The van der Waals surface area contributed by atoms with E-state index in [9.17, 15) is 18.0 Å². The van der Waals surface area contributed by atoms with Crippen molar-refractivity contribution in [2.45, 2.75) is 57.6 Å². The van der Waals surface area contributed by atoms with Crippen LogP contribution in [0.25, 0.3) is 0 Å². The van der Waals surface area contributed by atoms with E-state index in [-0.39, 0.29) is 23.2 Å². The van der Waals surface area contributed by atoms with E-state index in [4.69, 9.17) is 4.74 Å². The first-order chi connectivity index (χ1) is 14.2. The molecule has 1 saturated carbocycles. The van der Waals surface area contributed by atoms with Crippen LogP contribution in [0.1, 0.15) is 58.8 Å². The zero-order chi connectivity index (χ0) is 21.5. The molecule has 1 amide bonds. The molecule has 0 radical (unpaired) electrons. The Bertz CT molecular complexity index is 967. The number of hydrogen-bond acceptors (Lipinski definition) is 3. The van der Waals surface area contributed by atoms with E-state index in [0.717, 1.165) is 24.8 Å². The Labute approximate surface area is 174 Å². The molecule has 1 fully saturated rings. The summed E-state index contributed by atoms with van der Waals surface area (Å²) in [6, 6.07) is 9.94. The van der Waals surface area contributed by atoms with Crippen molar-refractivity contribution < 1.29 is 22.7 Å². The highest BCUT2D eigenvalue weighted by atomic mass is 19.4. The number of rotatable bonds is 6. The van der Waals surface area contributed by atoms with Crippen molar-refractivity contribution in [2.24, 2.45) is 0 Å². The number of nitrogens with one attached hydrogen (secondary N) is 1. The highest BCUT2D eigenvalue weighted by Crippen LogP contribution is 2.40. The van der Waals surface area contributed by atoms with Crippen molar-refractivity contribution in [3.63, 3.8) is 0 Å². The third kappa shape index (κ3) is 3.96.